The third-order valence-electron chi connectivity index (χ3n) is 10.3. The number of hydrogen-bond acceptors (Lipinski definition) is 2. The van der Waals surface area contributed by atoms with Crippen molar-refractivity contribution in [1.29, 1.82) is 0 Å². The van der Waals surface area contributed by atoms with Crippen molar-refractivity contribution < 1.29 is 0 Å². The van der Waals surface area contributed by atoms with Gasteiger partial charge in [0.2, 0.25) is 5.95 Å². The molecule has 0 bridgehead atoms. The summed E-state index contributed by atoms with van der Waals surface area (Å²) in [5, 5.41) is 13.4. The fraction of sp³-hybridized carbons (Fsp3) is 0. The highest BCUT2D eigenvalue weighted by Gasteiger charge is 2.24. The third kappa shape index (κ3) is 3.73. The molecular weight excluding hydrogens is 595 g/mol. The minimum atomic E-state index is 0.673. The van der Waals surface area contributed by atoms with Gasteiger partial charge < -0.3 is 0 Å². The van der Waals surface area contributed by atoms with Gasteiger partial charge in [0.25, 0.3) is 0 Å². The molecule has 0 fully saturated rings. The van der Waals surface area contributed by atoms with Crippen LogP contribution >= 0.6 is 0 Å². The summed E-state index contributed by atoms with van der Waals surface area (Å²) in [6, 6.07) is 58.9. The Morgan fingerprint density at radius 1 is 0.347 bits per heavy atom. The first kappa shape index (κ1) is 26.5. The second kappa shape index (κ2) is 9.96. The van der Waals surface area contributed by atoms with Gasteiger partial charge in [0.15, 0.2) is 0 Å². The van der Waals surface area contributed by atoms with Crippen LogP contribution in [0.15, 0.2) is 164 Å². The van der Waals surface area contributed by atoms with Crippen molar-refractivity contribution in [1.82, 2.24) is 14.5 Å². The van der Waals surface area contributed by atoms with Crippen molar-refractivity contribution in [3.05, 3.63) is 164 Å². The van der Waals surface area contributed by atoms with Crippen molar-refractivity contribution in [2.75, 3.05) is 0 Å². The summed E-state index contributed by atoms with van der Waals surface area (Å²) in [4.78, 5) is 10.9. The second-order valence-electron chi connectivity index (χ2n) is 12.9. The Balaban J connectivity index is 1.37. The molecule has 0 saturated heterocycles. The van der Waals surface area contributed by atoms with E-state index in [1.807, 2.05) is 0 Å². The Hall–Kier alpha value is -6.58. The molecule has 11 rings (SSSR count). The lowest BCUT2D eigenvalue weighted by Gasteiger charge is -2.14. The van der Waals surface area contributed by atoms with E-state index in [0.717, 1.165) is 44.0 Å². The number of rotatable bonds is 3. The first-order valence-electron chi connectivity index (χ1n) is 16.8. The van der Waals surface area contributed by atoms with Crippen molar-refractivity contribution in [2.45, 2.75) is 0 Å². The number of nitrogens with zero attached hydrogens (tertiary/aromatic N) is 3. The highest BCUT2D eigenvalue weighted by Crippen LogP contribution is 2.47. The van der Waals surface area contributed by atoms with Gasteiger partial charge in [0.1, 0.15) is 0 Å². The predicted octanol–water partition coefficient (Wildman–Crippen LogP) is 12.1. The zero-order valence-corrected chi connectivity index (χ0v) is 26.4. The Kier molecular flexibility index (Phi) is 5.38. The second-order valence-corrected chi connectivity index (χ2v) is 12.9. The standard InChI is InChI=1S/C46H27N3/c1-3-12-28(13-4-1)32-26-38-35-24-22-29-14-7-9-18-33(29)41(35)36-20-11-21-39-42(36)43(38)40(27-32)49(39)46-47-44(31-16-5-2-6-17-31)37-25-23-30-15-8-10-19-34(30)45(37)48-46/h1-27H. The number of benzene rings is 9. The molecule has 0 amide bonds. The normalized spacial score (nSPS) is 12.1. The Labute approximate surface area is 281 Å². The molecule has 0 aliphatic rings. The predicted molar refractivity (Wildman–Crippen MR) is 206 cm³/mol. The van der Waals surface area contributed by atoms with Gasteiger partial charge in [-0.1, -0.05) is 140 Å². The van der Waals surface area contributed by atoms with Crippen LogP contribution in [0.4, 0.5) is 0 Å². The summed E-state index contributed by atoms with van der Waals surface area (Å²) in [6.07, 6.45) is 0. The minimum Gasteiger partial charge on any atom is -0.278 e. The van der Waals surface area contributed by atoms with Crippen LogP contribution in [0.3, 0.4) is 0 Å². The molecule has 0 saturated carbocycles. The molecule has 0 atom stereocenters. The Morgan fingerprint density at radius 2 is 0.980 bits per heavy atom. The van der Waals surface area contributed by atoms with Gasteiger partial charge in [0.05, 0.1) is 22.2 Å². The molecule has 0 aliphatic carbocycles. The maximum atomic E-state index is 5.47. The van der Waals surface area contributed by atoms with Crippen LogP contribution < -0.4 is 0 Å². The number of hydrogen-bond donors (Lipinski definition) is 0. The van der Waals surface area contributed by atoms with E-state index in [9.17, 15) is 0 Å². The van der Waals surface area contributed by atoms with Crippen LogP contribution in [0.2, 0.25) is 0 Å². The molecule has 0 spiro atoms. The maximum Gasteiger partial charge on any atom is 0.235 e. The Morgan fingerprint density at radius 3 is 1.78 bits per heavy atom. The summed E-state index contributed by atoms with van der Waals surface area (Å²) >= 11 is 0. The highest BCUT2D eigenvalue weighted by atomic mass is 15.2. The van der Waals surface area contributed by atoms with E-state index < -0.39 is 0 Å². The van der Waals surface area contributed by atoms with Gasteiger partial charge in [-0.3, -0.25) is 4.57 Å². The molecule has 2 aromatic heterocycles. The van der Waals surface area contributed by atoms with Crippen LogP contribution in [0.25, 0.3) is 104 Å². The maximum absolute atomic E-state index is 5.47. The zero-order valence-electron chi connectivity index (χ0n) is 26.4. The van der Waals surface area contributed by atoms with E-state index in [4.69, 9.17) is 9.97 Å². The van der Waals surface area contributed by atoms with Crippen molar-refractivity contribution in [2.24, 2.45) is 0 Å². The fourth-order valence-electron chi connectivity index (χ4n) is 8.17. The molecule has 3 nitrogen and oxygen atoms in total. The van der Waals surface area contributed by atoms with Gasteiger partial charge in [-0.15, -0.1) is 0 Å². The molecule has 0 unspecified atom stereocenters. The number of aromatic nitrogens is 3. The summed E-state index contributed by atoms with van der Waals surface area (Å²) in [6.45, 7) is 0. The lowest BCUT2D eigenvalue weighted by atomic mass is 9.89. The summed E-state index contributed by atoms with van der Waals surface area (Å²) in [7, 11) is 0. The van der Waals surface area contributed by atoms with Crippen molar-refractivity contribution in [3.63, 3.8) is 0 Å². The van der Waals surface area contributed by atoms with Crippen LogP contribution in [0, 0.1) is 0 Å². The first-order valence-corrected chi connectivity index (χ1v) is 16.8. The van der Waals surface area contributed by atoms with E-state index in [1.165, 1.54) is 54.2 Å². The molecule has 2 heterocycles. The summed E-state index contributed by atoms with van der Waals surface area (Å²) in [5.41, 5.74) is 7.53. The van der Waals surface area contributed by atoms with Gasteiger partial charge in [0, 0.05) is 27.1 Å². The third-order valence-corrected chi connectivity index (χ3v) is 10.3. The molecule has 49 heavy (non-hydrogen) atoms. The van der Waals surface area contributed by atoms with E-state index >= 15 is 0 Å². The van der Waals surface area contributed by atoms with E-state index in [-0.39, 0.29) is 0 Å². The monoisotopic (exact) mass is 621 g/mol. The van der Waals surface area contributed by atoms with Crippen LogP contribution in [0.1, 0.15) is 0 Å². The molecule has 0 N–H and O–H groups in total. The Bertz CT molecular complexity index is 3090. The van der Waals surface area contributed by atoms with Crippen molar-refractivity contribution >= 4 is 75.8 Å². The minimum absolute atomic E-state index is 0.673. The fourth-order valence-corrected chi connectivity index (χ4v) is 8.17. The van der Waals surface area contributed by atoms with Crippen molar-refractivity contribution in [3.8, 4) is 28.3 Å². The van der Waals surface area contributed by atoms with E-state index in [0.29, 0.717) is 5.95 Å². The van der Waals surface area contributed by atoms with Gasteiger partial charge in [-0.25, -0.2) is 9.97 Å². The SMILES string of the molecule is c1ccc(-c2cc3c4ccc5ccccc5c4c4cccc5c4c3c(c2)n5-c2nc(-c3ccccc3)c3ccc4ccccc4c3n2)cc1. The van der Waals surface area contributed by atoms with Gasteiger partial charge in [-0.05, 0) is 73.1 Å². The topological polar surface area (TPSA) is 30.7 Å². The molecule has 0 radical (unpaired) electrons. The van der Waals surface area contributed by atoms with Gasteiger partial charge >= 0.3 is 0 Å². The molecule has 0 aliphatic heterocycles. The van der Waals surface area contributed by atoms with E-state index in [2.05, 4.69) is 168 Å². The summed E-state index contributed by atoms with van der Waals surface area (Å²) in [5.74, 6) is 0.673. The molecule has 9 aromatic carbocycles. The highest BCUT2D eigenvalue weighted by molar-refractivity contribution is 6.38. The van der Waals surface area contributed by atoms with Crippen LogP contribution in [-0.4, -0.2) is 14.5 Å². The largest absolute Gasteiger partial charge is 0.278 e. The van der Waals surface area contributed by atoms with Gasteiger partial charge in [-0.2, -0.15) is 0 Å². The lowest BCUT2D eigenvalue weighted by molar-refractivity contribution is 1.02. The molecule has 3 heteroatoms. The van der Waals surface area contributed by atoms with Crippen LogP contribution in [-0.2, 0) is 0 Å². The lowest BCUT2D eigenvalue weighted by Crippen LogP contribution is -2.04. The molecular formula is C46H27N3. The average Bonchev–Trinajstić information content (AvgIpc) is 3.52. The van der Waals surface area contributed by atoms with E-state index in [1.54, 1.807) is 0 Å². The van der Waals surface area contributed by atoms with Crippen LogP contribution in [0.5, 0.6) is 0 Å². The first-order chi connectivity index (χ1) is 24.3. The summed E-state index contributed by atoms with van der Waals surface area (Å²) < 4.78 is 2.31. The zero-order chi connectivity index (χ0) is 32.1. The number of fused-ring (bicyclic) bond motifs is 8. The molecule has 11 aromatic rings. The average molecular weight is 622 g/mol. The quantitative estimate of drug-likeness (QED) is 0.184. The smallest absolute Gasteiger partial charge is 0.235 e. The molecule has 226 valence electrons.